The van der Waals surface area contributed by atoms with Gasteiger partial charge >= 0.3 is 0 Å². The van der Waals surface area contributed by atoms with Gasteiger partial charge in [0.1, 0.15) is 6.07 Å². The third-order valence-electron chi connectivity index (χ3n) is 4.24. The molecule has 0 unspecified atom stereocenters. The maximum absolute atomic E-state index is 9.19. The summed E-state index contributed by atoms with van der Waals surface area (Å²) in [5.74, 6) is 0.742. The van der Waals surface area contributed by atoms with Gasteiger partial charge in [0.15, 0.2) is 0 Å². The average molecular weight is 277 g/mol. The molecule has 1 aromatic heterocycles. The van der Waals surface area contributed by atoms with E-state index in [4.69, 9.17) is 0 Å². The van der Waals surface area contributed by atoms with Crippen LogP contribution in [0.4, 0.5) is 5.69 Å². The van der Waals surface area contributed by atoms with Crippen LogP contribution in [-0.2, 0) is 6.42 Å². The van der Waals surface area contributed by atoms with E-state index in [9.17, 15) is 5.26 Å². The summed E-state index contributed by atoms with van der Waals surface area (Å²) in [4.78, 5) is 6.46. The molecule has 1 aliphatic heterocycles. The normalized spacial score (nSPS) is 15.7. The Morgan fingerprint density at radius 3 is 2.62 bits per heavy atom. The van der Waals surface area contributed by atoms with Crippen LogP contribution in [0.5, 0.6) is 0 Å². The van der Waals surface area contributed by atoms with Crippen LogP contribution in [-0.4, -0.2) is 18.1 Å². The van der Waals surface area contributed by atoms with Crippen molar-refractivity contribution in [2.45, 2.75) is 19.3 Å². The first kappa shape index (κ1) is 13.6. The minimum absolute atomic E-state index is 0.728. The first-order chi connectivity index (χ1) is 10.4. The second-order valence-electron chi connectivity index (χ2n) is 5.62. The van der Waals surface area contributed by atoms with Crippen molar-refractivity contribution in [1.29, 1.82) is 5.26 Å². The summed E-state index contributed by atoms with van der Waals surface area (Å²) in [5.41, 5.74) is 3.14. The summed E-state index contributed by atoms with van der Waals surface area (Å²) in [5, 5.41) is 9.19. The largest absolute Gasteiger partial charge is 0.369 e. The Bertz CT molecular complexity index is 622. The number of pyridine rings is 1. The number of nitrogens with zero attached hydrogens (tertiary/aromatic N) is 3. The van der Waals surface area contributed by atoms with Crippen LogP contribution in [0, 0.1) is 17.2 Å². The maximum atomic E-state index is 9.19. The second-order valence-corrected chi connectivity index (χ2v) is 5.62. The van der Waals surface area contributed by atoms with Crippen LogP contribution >= 0.6 is 0 Å². The number of rotatable bonds is 3. The van der Waals surface area contributed by atoms with E-state index in [-0.39, 0.29) is 0 Å². The molecule has 3 heteroatoms. The molecule has 0 aliphatic carbocycles. The van der Waals surface area contributed by atoms with Gasteiger partial charge in [-0.2, -0.15) is 5.26 Å². The van der Waals surface area contributed by atoms with Gasteiger partial charge in [0.05, 0.1) is 17.4 Å². The van der Waals surface area contributed by atoms with E-state index in [1.807, 2.05) is 6.20 Å². The molecule has 21 heavy (non-hydrogen) atoms. The Kier molecular flexibility index (Phi) is 4.16. The number of aromatic nitrogens is 1. The summed E-state index contributed by atoms with van der Waals surface area (Å²) < 4.78 is 0. The molecule has 3 rings (SSSR count). The predicted octanol–water partition coefficient (Wildman–Crippen LogP) is 3.41. The summed E-state index contributed by atoms with van der Waals surface area (Å²) in [7, 11) is 0. The van der Waals surface area contributed by atoms with Gasteiger partial charge < -0.3 is 4.90 Å². The van der Waals surface area contributed by atoms with Gasteiger partial charge in [-0.1, -0.05) is 30.3 Å². The number of nitriles is 1. The molecular formula is C18H19N3. The molecule has 0 spiro atoms. The number of piperidine rings is 1. The lowest BCUT2D eigenvalue weighted by Crippen LogP contribution is -2.34. The van der Waals surface area contributed by atoms with Crippen LogP contribution in [0.15, 0.2) is 48.8 Å². The van der Waals surface area contributed by atoms with Crippen molar-refractivity contribution in [2.24, 2.45) is 5.92 Å². The quantitative estimate of drug-likeness (QED) is 0.863. The van der Waals surface area contributed by atoms with Crippen molar-refractivity contribution in [3.63, 3.8) is 0 Å². The molecule has 1 fully saturated rings. The number of anilines is 1. The van der Waals surface area contributed by atoms with Crippen LogP contribution < -0.4 is 4.90 Å². The highest BCUT2D eigenvalue weighted by Crippen LogP contribution is 2.27. The minimum Gasteiger partial charge on any atom is -0.369 e. The van der Waals surface area contributed by atoms with Crippen molar-refractivity contribution in [2.75, 3.05) is 18.0 Å². The zero-order valence-electron chi connectivity index (χ0n) is 12.1. The van der Waals surface area contributed by atoms with Crippen molar-refractivity contribution in [3.05, 3.63) is 59.9 Å². The first-order valence-corrected chi connectivity index (χ1v) is 7.50. The molecule has 0 radical (unpaired) electrons. The molecule has 0 amide bonds. The molecule has 0 bridgehead atoms. The van der Waals surface area contributed by atoms with E-state index in [0.29, 0.717) is 0 Å². The Balaban J connectivity index is 1.62. The van der Waals surface area contributed by atoms with Crippen LogP contribution in [0.2, 0.25) is 0 Å². The molecule has 2 heterocycles. The van der Waals surface area contributed by atoms with Gasteiger partial charge in [0, 0.05) is 19.3 Å². The van der Waals surface area contributed by atoms with E-state index in [2.05, 4.69) is 46.3 Å². The lowest BCUT2D eigenvalue weighted by Gasteiger charge is -2.33. The van der Waals surface area contributed by atoms with E-state index in [1.54, 1.807) is 12.3 Å². The highest BCUT2D eigenvalue weighted by Gasteiger charge is 2.21. The molecule has 0 atom stereocenters. The highest BCUT2D eigenvalue weighted by atomic mass is 15.1. The lowest BCUT2D eigenvalue weighted by molar-refractivity contribution is 0.403. The molecule has 106 valence electrons. The van der Waals surface area contributed by atoms with Crippen molar-refractivity contribution >= 4 is 5.69 Å². The van der Waals surface area contributed by atoms with E-state index >= 15 is 0 Å². The van der Waals surface area contributed by atoms with E-state index in [1.165, 1.54) is 18.4 Å². The van der Waals surface area contributed by atoms with Crippen LogP contribution in [0.1, 0.15) is 24.0 Å². The van der Waals surface area contributed by atoms with Gasteiger partial charge in [-0.25, -0.2) is 0 Å². The maximum Gasteiger partial charge on any atom is 0.101 e. The second kappa shape index (κ2) is 6.41. The summed E-state index contributed by atoms with van der Waals surface area (Å²) in [6.45, 7) is 2.02. The number of benzene rings is 1. The first-order valence-electron chi connectivity index (χ1n) is 7.50. The van der Waals surface area contributed by atoms with Crippen molar-refractivity contribution in [1.82, 2.24) is 4.98 Å². The molecule has 1 saturated heterocycles. The fraction of sp³-hybridized carbons (Fsp3) is 0.333. The Hall–Kier alpha value is -2.34. The Morgan fingerprint density at radius 1 is 1.14 bits per heavy atom. The summed E-state index contributed by atoms with van der Waals surface area (Å²) in [6.07, 6.45) is 7.01. The minimum atomic E-state index is 0.728. The van der Waals surface area contributed by atoms with Gasteiger partial charge in [0.2, 0.25) is 0 Å². The summed E-state index contributed by atoms with van der Waals surface area (Å²) >= 11 is 0. The van der Waals surface area contributed by atoms with Gasteiger partial charge in [-0.05, 0) is 36.8 Å². The standard InChI is InChI=1S/C18H19N3/c19-13-17-6-9-20-14-18(17)21-10-7-16(8-11-21)12-15-4-2-1-3-5-15/h1-6,9,14,16H,7-8,10-12H2. The Labute approximate surface area is 125 Å². The molecule has 0 N–H and O–H groups in total. The monoisotopic (exact) mass is 277 g/mol. The highest BCUT2D eigenvalue weighted by molar-refractivity contribution is 5.57. The molecular weight excluding hydrogens is 258 g/mol. The smallest absolute Gasteiger partial charge is 0.101 e. The zero-order valence-corrected chi connectivity index (χ0v) is 12.1. The van der Waals surface area contributed by atoms with Crippen molar-refractivity contribution in [3.8, 4) is 6.07 Å². The van der Waals surface area contributed by atoms with E-state index in [0.717, 1.165) is 36.7 Å². The van der Waals surface area contributed by atoms with Gasteiger partial charge in [0.25, 0.3) is 0 Å². The number of hydrogen-bond acceptors (Lipinski definition) is 3. The fourth-order valence-electron chi connectivity index (χ4n) is 3.06. The number of hydrogen-bond donors (Lipinski definition) is 0. The third-order valence-corrected chi connectivity index (χ3v) is 4.24. The van der Waals surface area contributed by atoms with Crippen LogP contribution in [0.3, 0.4) is 0 Å². The zero-order chi connectivity index (χ0) is 14.5. The van der Waals surface area contributed by atoms with Crippen LogP contribution in [0.25, 0.3) is 0 Å². The Morgan fingerprint density at radius 2 is 1.90 bits per heavy atom. The van der Waals surface area contributed by atoms with E-state index < -0.39 is 0 Å². The molecule has 1 aromatic carbocycles. The SMILES string of the molecule is N#Cc1ccncc1N1CCC(Cc2ccccc2)CC1. The topological polar surface area (TPSA) is 39.9 Å². The molecule has 3 nitrogen and oxygen atoms in total. The predicted molar refractivity (Wildman–Crippen MR) is 84.0 cm³/mol. The molecule has 1 aliphatic rings. The fourth-order valence-corrected chi connectivity index (χ4v) is 3.06. The molecule has 2 aromatic rings. The lowest BCUT2D eigenvalue weighted by atomic mass is 9.90. The summed E-state index contributed by atoms with van der Waals surface area (Å²) in [6, 6.07) is 14.8. The average Bonchev–Trinajstić information content (AvgIpc) is 2.56. The molecule has 0 saturated carbocycles. The van der Waals surface area contributed by atoms with Crippen molar-refractivity contribution < 1.29 is 0 Å². The van der Waals surface area contributed by atoms with Gasteiger partial charge in [-0.15, -0.1) is 0 Å². The third kappa shape index (κ3) is 3.22. The van der Waals surface area contributed by atoms with Gasteiger partial charge in [-0.3, -0.25) is 4.98 Å².